The summed E-state index contributed by atoms with van der Waals surface area (Å²) in [4.78, 5) is 29.9. The Bertz CT molecular complexity index is 1430. The number of amides is 1. The molecule has 8 heteroatoms. The van der Waals surface area contributed by atoms with Crippen LogP contribution in [-0.2, 0) is 10.3 Å². The van der Waals surface area contributed by atoms with Crippen molar-refractivity contribution in [3.05, 3.63) is 99.6 Å². The van der Waals surface area contributed by atoms with Crippen LogP contribution in [0.15, 0.2) is 72.8 Å². The number of anilines is 1. The lowest BCUT2D eigenvalue weighted by atomic mass is 9.63. The van der Waals surface area contributed by atoms with Gasteiger partial charge in [0.05, 0.1) is 19.1 Å². The molecule has 0 radical (unpaired) electrons. The van der Waals surface area contributed by atoms with Crippen LogP contribution in [0.5, 0.6) is 11.5 Å². The lowest BCUT2D eigenvalue weighted by molar-refractivity contribution is -0.592. The molecule has 8 nitrogen and oxygen atoms in total. The molecule has 0 bridgehead atoms. The standard InChI is InChI=1S/C29H27N3O5/c1-36-19-15-13-18(14-16-19)26-29(32(34)35)24-12-6-7-17-31(24)28(21-9-3-4-10-22(21)30-27(28)33)25(29)20-8-2-5-11-23(20)37-26/h2-5,8-11,13-16,24-26H,6-7,12,17H2,1H3,(H,30,33)/t24-,25+,26+,28+,29+/m0/s1. The van der Waals surface area contributed by atoms with Gasteiger partial charge in [-0.3, -0.25) is 19.8 Å². The number of ether oxygens (including phenoxy) is 2. The van der Waals surface area contributed by atoms with Crippen molar-refractivity contribution in [3.8, 4) is 11.5 Å². The fourth-order valence-corrected chi connectivity index (χ4v) is 7.65. The maximum absolute atomic E-state index is 14.2. The van der Waals surface area contributed by atoms with Crippen molar-refractivity contribution < 1.29 is 19.2 Å². The Morgan fingerprint density at radius 2 is 1.81 bits per heavy atom. The maximum Gasteiger partial charge on any atom is 0.287 e. The minimum Gasteiger partial charge on any atom is -0.497 e. The quantitative estimate of drug-likeness (QED) is 0.418. The predicted molar refractivity (Wildman–Crippen MR) is 136 cm³/mol. The van der Waals surface area contributed by atoms with Crippen LogP contribution >= 0.6 is 0 Å². The van der Waals surface area contributed by atoms with Crippen LogP contribution < -0.4 is 14.8 Å². The van der Waals surface area contributed by atoms with Gasteiger partial charge in [0, 0.05) is 28.3 Å². The van der Waals surface area contributed by atoms with E-state index in [4.69, 9.17) is 9.47 Å². The fraction of sp³-hybridized carbons (Fsp3) is 0.345. The first-order valence-electron chi connectivity index (χ1n) is 12.8. The highest BCUT2D eigenvalue weighted by atomic mass is 16.6. The van der Waals surface area contributed by atoms with E-state index in [0.29, 0.717) is 35.6 Å². The summed E-state index contributed by atoms with van der Waals surface area (Å²) in [6.45, 7) is 0.607. The van der Waals surface area contributed by atoms with E-state index in [1.165, 1.54) is 0 Å². The SMILES string of the molecule is COc1ccc([C@H]2Oc3ccccc3[C@H]3[C@]2([N+](=O)[O-])[C@@H]2CCCCN2[C@@]32C(=O)Nc3ccccc32)cc1. The minimum atomic E-state index is -1.59. The van der Waals surface area contributed by atoms with Crippen molar-refractivity contribution in [1.29, 1.82) is 0 Å². The molecule has 0 unspecified atom stereocenters. The number of nitrogens with zero attached hydrogens (tertiary/aromatic N) is 2. The van der Waals surface area contributed by atoms with E-state index >= 15 is 0 Å². The fourth-order valence-electron chi connectivity index (χ4n) is 7.65. The van der Waals surface area contributed by atoms with Gasteiger partial charge in [-0.2, -0.15) is 0 Å². The highest BCUT2D eigenvalue weighted by molar-refractivity contribution is 6.07. The van der Waals surface area contributed by atoms with Gasteiger partial charge < -0.3 is 14.8 Å². The van der Waals surface area contributed by atoms with E-state index in [1.54, 1.807) is 7.11 Å². The zero-order chi connectivity index (χ0) is 25.4. The lowest BCUT2D eigenvalue weighted by Crippen LogP contribution is -2.60. The number of rotatable bonds is 3. The first-order chi connectivity index (χ1) is 18.0. The molecule has 2 saturated heterocycles. The van der Waals surface area contributed by atoms with Crippen molar-refractivity contribution in [2.45, 2.75) is 48.4 Å². The molecule has 188 valence electrons. The molecule has 1 spiro atoms. The number of fused-ring (bicyclic) bond motifs is 9. The van der Waals surface area contributed by atoms with E-state index in [-0.39, 0.29) is 10.8 Å². The van der Waals surface area contributed by atoms with E-state index in [1.807, 2.05) is 72.8 Å². The summed E-state index contributed by atoms with van der Waals surface area (Å²) in [6, 6.07) is 22.0. The van der Waals surface area contributed by atoms with E-state index in [0.717, 1.165) is 24.1 Å². The summed E-state index contributed by atoms with van der Waals surface area (Å²) < 4.78 is 12.0. The van der Waals surface area contributed by atoms with Crippen LogP contribution in [0.4, 0.5) is 5.69 Å². The number of hydrogen-bond donors (Lipinski definition) is 1. The van der Waals surface area contributed by atoms with Gasteiger partial charge in [-0.1, -0.05) is 55.0 Å². The van der Waals surface area contributed by atoms with Gasteiger partial charge >= 0.3 is 0 Å². The second-order valence-corrected chi connectivity index (χ2v) is 10.4. The molecule has 37 heavy (non-hydrogen) atoms. The van der Waals surface area contributed by atoms with Crippen LogP contribution in [0.25, 0.3) is 0 Å². The first-order valence-corrected chi connectivity index (χ1v) is 12.8. The largest absolute Gasteiger partial charge is 0.497 e. The van der Waals surface area contributed by atoms with Gasteiger partial charge in [0.1, 0.15) is 17.0 Å². The highest BCUT2D eigenvalue weighted by Gasteiger charge is 2.82. The van der Waals surface area contributed by atoms with E-state index in [9.17, 15) is 14.9 Å². The lowest BCUT2D eigenvalue weighted by Gasteiger charge is -2.44. The highest BCUT2D eigenvalue weighted by Crippen LogP contribution is 2.69. The third-order valence-electron chi connectivity index (χ3n) is 8.93. The number of methoxy groups -OCH3 is 1. The zero-order valence-electron chi connectivity index (χ0n) is 20.4. The maximum atomic E-state index is 14.2. The number of benzene rings is 3. The van der Waals surface area contributed by atoms with Gasteiger partial charge in [0.2, 0.25) is 0 Å². The molecule has 5 atom stereocenters. The van der Waals surface area contributed by atoms with Crippen LogP contribution in [0.2, 0.25) is 0 Å². The second-order valence-electron chi connectivity index (χ2n) is 10.4. The topological polar surface area (TPSA) is 93.9 Å². The Labute approximate surface area is 214 Å². The minimum absolute atomic E-state index is 0.131. The van der Waals surface area contributed by atoms with E-state index in [2.05, 4.69) is 10.2 Å². The predicted octanol–water partition coefficient (Wildman–Crippen LogP) is 4.64. The van der Waals surface area contributed by atoms with Gasteiger partial charge in [-0.15, -0.1) is 0 Å². The summed E-state index contributed by atoms with van der Waals surface area (Å²) in [5.41, 5.74) is 0.153. The number of nitro groups is 1. The average molecular weight is 498 g/mol. The molecule has 4 aliphatic heterocycles. The number of carbonyl (C=O) groups is 1. The van der Waals surface area contributed by atoms with Crippen molar-refractivity contribution in [1.82, 2.24) is 4.90 Å². The van der Waals surface area contributed by atoms with E-state index < -0.39 is 29.1 Å². The molecule has 2 fully saturated rings. The summed E-state index contributed by atoms with van der Waals surface area (Å²) in [7, 11) is 1.59. The van der Waals surface area contributed by atoms with Crippen molar-refractivity contribution in [2.75, 3.05) is 19.0 Å². The molecule has 0 aromatic heterocycles. The van der Waals surface area contributed by atoms with Crippen LogP contribution in [0.3, 0.4) is 0 Å². The van der Waals surface area contributed by atoms with Crippen LogP contribution in [-0.4, -0.2) is 41.0 Å². The zero-order valence-corrected chi connectivity index (χ0v) is 20.4. The third-order valence-corrected chi connectivity index (χ3v) is 8.93. The number of nitrogens with one attached hydrogen (secondary N) is 1. The molecule has 1 N–H and O–H groups in total. The molecule has 1 amide bonds. The Morgan fingerprint density at radius 3 is 2.59 bits per heavy atom. The van der Waals surface area contributed by atoms with Crippen molar-refractivity contribution >= 4 is 11.6 Å². The monoisotopic (exact) mass is 497 g/mol. The molecule has 3 aromatic carbocycles. The molecule has 0 saturated carbocycles. The third kappa shape index (κ3) is 2.63. The molecule has 4 heterocycles. The van der Waals surface area contributed by atoms with Crippen molar-refractivity contribution in [2.24, 2.45) is 0 Å². The summed E-state index contributed by atoms with van der Waals surface area (Å²) in [5.74, 6) is 0.304. The molecule has 3 aromatic rings. The molecule has 4 aliphatic rings. The summed E-state index contributed by atoms with van der Waals surface area (Å²) >= 11 is 0. The van der Waals surface area contributed by atoms with Gasteiger partial charge in [0.25, 0.3) is 11.4 Å². The van der Waals surface area contributed by atoms with Crippen LogP contribution in [0, 0.1) is 10.1 Å². The smallest absolute Gasteiger partial charge is 0.287 e. The Hall–Kier alpha value is -3.91. The molecule has 7 rings (SSSR count). The van der Waals surface area contributed by atoms with Gasteiger partial charge in [-0.25, -0.2) is 0 Å². The Balaban J connectivity index is 1.58. The molecule has 0 aliphatic carbocycles. The Morgan fingerprint density at radius 1 is 1.05 bits per heavy atom. The average Bonchev–Trinajstić information content (AvgIpc) is 3.39. The molecular formula is C29H27N3O5. The number of hydrogen-bond acceptors (Lipinski definition) is 6. The number of carbonyl (C=O) groups excluding carboxylic acids is 1. The summed E-state index contributed by atoms with van der Waals surface area (Å²) in [6.07, 6.45) is 1.47. The van der Waals surface area contributed by atoms with Crippen LogP contribution in [0.1, 0.15) is 48.0 Å². The summed E-state index contributed by atoms with van der Waals surface area (Å²) in [5, 5.41) is 16.7. The van der Waals surface area contributed by atoms with Gasteiger partial charge in [0.15, 0.2) is 6.10 Å². The molecular weight excluding hydrogens is 470 g/mol. The Kier molecular flexibility index (Phi) is 4.70. The number of piperidine rings is 1. The number of para-hydroxylation sites is 2. The normalized spacial score (nSPS) is 31.5. The van der Waals surface area contributed by atoms with Gasteiger partial charge in [-0.05, 0) is 42.7 Å². The van der Waals surface area contributed by atoms with Crippen molar-refractivity contribution in [3.63, 3.8) is 0 Å². The second kappa shape index (κ2) is 7.79. The first kappa shape index (κ1) is 22.3.